The van der Waals surface area contributed by atoms with Gasteiger partial charge in [-0.05, 0) is 44.9 Å². The summed E-state index contributed by atoms with van der Waals surface area (Å²) in [6, 6.07) is 5.54. The first-order chi connectivity index (χ1) is 10.5. The van der Waals surface area contributed by atoms with Crippen molar-refractivity contribution in [2.24, 2.45) is 0 Å². The summed E-state index contributed by atoms with van der Waals surface area (Å²) in [5, 5.41) is 2.95. The van der Waals surface area contributed by atoms with Gasteiger partial charge in [0.2, 0.25) is 11.9 Å². The van der Waals surface area contributed by atoms with Crippen molar-refractivity contribution in [2.75, 3.05) is 5.73 Å². The Morgan fingerprint density at radius 3 is 2.55 bits per heavy atom. The number of hydrogen-bond acceptors (Lipinski definition) is 5. The van der Waals surface area contributed by atoms with Crippen LogP contribution in [0.2, 0.25) is 0 Å². The Kier molecular flexibility index (Phi) is 5.04. The third-order valence-electron chi connectivity index (χ3n) is 3.55. The van der Waals surface area contributed by atoms with Crippen LogP contribution in [0.5, 0.6) is 0 Å². The van der Waals surface area contributed by atoms with Crippen LogP contribution in [0.15, 0.2) is 24.4 Å². The summed E-state index contributed by atoms with van der Waals surface area (Å²) in [5.74, 6) is 0.251. The lowest BCUT2D eigenvalue weighted by Gasteiger charge is -2.14. The van der Waals surface area contributed by atoms with E-state index in [2.05, 4.69) is 20.3 Å². The lowest BCUT2D eigenvalue weighted by molar-refractivity contribution is -0.121. The van der Waals surface area contributed by atoms with Gasteiger partial charge in [0.15, 0.2) is 0 Å². The molecule has 3 N–H and O–H groups in total. The molecule has 0 aromatic carbocycles. The number of nitrogens with one attached hydrogen (secondary N) is 1. The number of hydrogen-bond donors (Lipinski definition) is 2. The van der Waals surface area contributed by atoms with E-state index in [0.29, 0.717) is 12.8 Å². The molecule has 1 amide bonds. The van der Waals surface area contributed by atoms with E-state index in [-0.39, 0.29) is 17.9 Å². The predicted octanol–water partition coefficient (Wildman–Crippen LogP) is 1.88. The fraction of sp³-hybridized carbons (Fsp3) is 0.375. The number of carbonyl (C=O) groups excluding carboxylic acids is 1. The Hall–Kier alpha value is -2.50. The molecule has 2 rings (SSSR count). The maximum Gasteiger partial charge on any atom is 0.220 e. The summed E-state index contributed by atoms with van der Waals surface area (Å²) in [4.78, 5) is 24.6. The van der Waals surface area contributed by atoms with Gasteiger partial charge >= 0.3 is 0 Å². The predicted molar refractivity (Wildman–Crippen MR) is 85.0 cm³/mol. The van der Waals surface area contributed by atoms with Crippen molar-refractivity contribution in [3.8, 4) is 0 Å². The first-order valence-electron chi connectivity index (χ1n) is 7.27. The Labute approximate surface area is 130 Å². The van der Waals surface area contributed by atoms with Gasteiger partial charge in [-0.15, -0.1) is 0 Å². The number of aromatic nitrogens is 3. The smallest absolute Gasteiger partial charge is 0.220 e. The zero-order valence-electron chi connectivity index (χ0n) is 13.1. The third-order valence-corrected chi connectivity index (χ3v) is 3.55. The van der Waals surface area contributed by atoms with Gasteiger partial charge < -0.3 is 11.1 Å². The first-order valence-corrected chi connectivity index (χ1v) is 7.27. The highest BCUT2D eigenvalue weighted by molar-refractivity contribution is 5.76. The van der Waals surface area contributed by atoms with E-state index in [0.717, 1.165) is 22.6 Å². The molecule has 0 spiro atoms. The largest absolute Gasteiger partial charge is 0.368 e. The second kappa shape index (κ2) is 6.98. The Morgan fingerprint density at radius 1 is 1.27 bits per heavy atom. The minimum Gasteiger partial charge on any atom is -0.368 e. The van der Waals surface area contributed by atoms with Gasteiger partial charge in [-0.2, -0.15) is 0 Å². The van der Waals surface area contributed by atoms with Gasteiger partial charge in [-0.1, -0.05) is 6.07 Å². The van der Waals surface area contributed by atoms with Crippen LogP contribution in [0.3, 0.4) is 0 Å². The molecule has 2 aromatic heterocycles. The minimum absolute atomic E-state index is 0.0196. The average molecular weight is 299 g/mol. The fourth-order valence-corrected chi connectivity index (χ4v) is 2.39. The van der Waals surface area contributed by atoms with Gasteiger partial charge in [0.05, 0.1) is 11.7 Å². The quantitative estimate of drug-likeness (QED) is 0.879. The molecule has 0 aliphatic carbocycles. The molecular weight excluding hydrogens is 278 g/mol. The van der Waals surface area contributed by atoms with E-state index in [9.17, 15) is 4.79 Å². The number of nitrogen functional groups attached to an aromatic ring is 1. The van der Waals surface area contributed by atoms with Crippen molar-refractivity contribution < 1.29 is 4.79 Å². The van der Waals surface area contributed by atoms with Crippen LogP contribution in [0, 0.1) is 13.8 Å². The Balaban J connectivity index is 1.94. The number of rotatable bonds is 5. The van der Waals surface area contributed by atoms with E-state index >= 15 is 0 Å². The highest BCUT2D eigenvalue weighted by Gasteiger charge is 2.13. The van der Waals surface area contributed by atoms with Crippen LogP contribution in [-0.2, 0) is 11.2 Å². The van der Waals surface area contributed by atoms with Gasteiger partial charge in [0.1, 0.15) is 0 Å². The van der Waals surface area contributed by atoms with Crippen LogP contribution >= 0.6 is 0 Å². The number of carbonyl (C=O) groups is 1. The molecule has 0 saturated carbocycles. The number of amides is 1. The maximum atomic E-state index is 12.1. The summed E-state index contributed by atoms with van der Waals surface area (Å²) >= 11 is 0. The summed E-state index contributed by atoms with van der Waals surface area (Å²) in [6.45, 7) is 5.69. The van der Waals surface area contributed by atoms with Crippen molar-refractivity contribution in [2.45, 2.75) is 39.7 Å². The molecule has 116 valence electrons. The molecule has 22 heavy (non-hydrogen) atoms. The fourth-order valence-electron chi connectivity index (χ4n) is 2.39. The van der Waals surface area contributed by atoms with Crippen molar-refractivity contribution in [3.63, 3.8) is 0 Å². The second-order valence-corrected chi connectivity index (χ2v) is 5.27. The normalized spacial score (nSPS) is 12.0. The van der Waals surface area contributed by atoms with Crippen molar-refractivity contribution in [1.29, 1.82) is 0 Å². The summed E-state index contributed by atoms with van der Waals surface area (Å²) < 4.78 is 0. The van der Waals surface area contributed by atoms with Crippen LogP contribution in [0.1, 0.15) is 42.0 Å². The molecule has 2 aromatic rings. The molecule has 2 heterocycles. The Bertz CT molecular complexity index is 634. The molecule has 0 bridgehead atoms. The number of anilines is 1. The van der Waals surface area contributed by atoms with E-state index in [4.69, 9.17) is 5.73 Å². The second-order valence-electron chi connectivity index (χ2n) is 5.27. The monoisotopic (exact) mass is 299 g/mol. The molecular formula is C16H21N5O. The molecule has 6 nitrogen and oxygen atoms in total. The van der Waals surface area contributed by atoms with Crippen LogP contribution < -0.4 is 11.1 Å². The van der Waals surface area contributed by atoms with E-state index in [1.165, 1.54) is 0 Å². The maximum absolute atomic E-state index is 12.1. The first kappa shape index (κ1) is 15.9. The zero-order chi connectivity index (χ0) is 16.1. The SMILES string of the molecule is Cc1nc(N)nc(C)c1CCC(=O)N[C@@H](C)c1ccccn1. The number of nitrogens with two attached hydrogens (primary N) is 1. The van der Waals surface area contributed by atoms with Gasteiger partial charge in [0.25, 0.3) is 0 Å². The number of pyridine rings is 1. The van der Waals surface area contributed by atoms with Crippen LogP contribution in [-0.4, -0.2) is 20.9 Å². The average Bonchev–Trinajstić information content (AvgIpc) is 2.47. The summed E-state index contributed by atoms with van der Waals surface area (Å²) in [7, 11) is 0. The van der Waals surface area contributed by atoms with Crippen molar-refractivity contribution >= 4 is 11.9 Å². The van der Waals surface area contributed by atoms with Crippen LogP contribution in [0.25, 0.3) is 0 Å². The molecule has 6 heteroatoms. The molecule has 0 saturated heterocycles. The molecule has 0 unspecified atom stereocenters. The summed E-state index contributed by atoms with van der Waals surface area (Å²) in [5.41, 5.74) is 9.09. The molecule has 0 fully saturated rings. The van der Waals surface area contributed by atoms with E-state index < -0.39 is 0 Å². The highest BCUT2D eigenvalue weighted by Crippen LogP contribution is 2.14. The number of nitrogens with zero attached hydrogens (tertiary/aromatic N) is 3. The molecule has 0 aliphatic heterocycles. The molecule has 0 aliphatic rings. The van der Waals surface area contributed by atoms with Gasteiger partial charge in [-0.25, -0.2) is 9.97 Å². The molecule has 0 radical (unpaired) electrons. The summed E-state index contributed by atoms with van der Waals surface area (Å²) in [6.07, 6.45) is 2.70. The lowest BCUT2D eigenvalue weighted by Crippen LogP contribution is -2.27. The van der Waals surface area contributed by atoms with Crippen molar-refractivity contribution in [3.05, 3.63) is 47.0 Å². The number of aryl methyl sites for hydroxylation is 2. The van der Waals surface area contributed by atoms with Gasteiger partial charge in [-0.3, -0.25) is 9.78 Å². The highest BCUT2D eigenvalue weighted by atomic mass is 16.1. The topological polar surface area (TPSA) is 93.8 Å². The molecule has 1 atom stereocenters. The minimum atomic E-state index is -0.112. The zero-order valence-corrected chi connectivity index (χ0v) is 13.1. The lowest BCUT2D eigenvalue weighted by atomic mass is 10.1. The van der Waals surface area contributed by atoms with Gasteiger partial charge in [0, 0.05) is 24.0 Å². The van der Waals surface area contributed by atoms with Crippen LogP contribution in [0.4, 0.5) is 5.95 Å². The van der Waals surface area contributed by atoms with Crippen molar-refractivity contribution in [1.82, 2.24) is 20.3 Å². The third kappa shape index (κ3) is 4.00. The van der Waals surface area contributed by atoms with E-state index in [1.807, 2.05) is 39.0 Å². The Morgan fingerprint density at radius 2 is 1.95 bits per heavy atom. The standard InChI is InChI=1S/C16H21N5O/c1-10-13(11(2)21-16(17)20-10)7-8-15(22)19-12(3)14-6-4-5-9-18-14/h4-6,9,12H,7-8H2,1-3H3,(H,19,22)(H2,17,20,21)/t12-/m0/s1. The van der Waals surface area contributed by atoms with E-state index in [1.54, 1.807) is 6.20 Å².